The van der Waals surface area contributed by atoms with Gasteiger partial charge >= 0.3 is 0 Å². The molecular formula is C14H16S. The highest BCUT2D eigenvalue weighted by Crippen LogP contribution is 2.36. The van der Waals surface area contributed by atoms with Gasteiger partial charge in [0.1, 0.15) is 0 Å². The predicted molar refractivity (Wildman–Crippen MR) is 68.6 cm³/mol. The van der Waals surface area contributed by atoms with Crippen LogP contribution >= 0.6 is 11.3 Å². The zero-order valence-corrected chi connectivity index (χ0v) is 10.3. The Kier molecular flexibility index (Phi) is 2.92. The lowest BCUT2D eigenvalue weighted by atomic mass is 10.0. The number of benzene rings is 1. The second-order valence-corrected chi connectivity index (χ2v) is 5.42. The van der Waals surface area contributed by atoms with Crippen LogP contribution in [0.2, 0.25) is 0 Å². The minimum atomic E-state index is 0.602. The summed E-state index contributed by atoms with van der Waals surface area (Å²) in [4.78, 5) is 2.83. The maximum atomic E-state index is 2.32. The maximum Gasteiger partial charge on any atom is 0.0380 e. The van der Waals surface area contributed by atoms with Gasteiger partial charge in [0.15, 0.2) is 0 Å². The molecule has 15 heavy (non-hydrogen) atoms. The maximum absolute atomic E-state index is 2.32. The number of hydrogen-bond donors (Lipinski definition) is 0. The van der Waals surface area contributed by atoms with Crippen molar-refractivity contribution in [1.82, 2.24) is 0 Å². The Morgan fingerprint density at radius 1 is 1.07 bits per heavy atom. The molecule has 2 aromatic rings. The van der Waals surface area contributed by atoms with E-state index in [-0.39, 0.29) is 0 Å². The van der Waals surface area contributed by atoms with Crippen molar-refractivity contribution in [2.45, 2.75) is 26.7 Å². The van der Waals surface area contributed by atoms with Crippen LogP contribution in [0.4, 0.5) is 0 Å². The van der Waals surface area contributed by atoms with Crippen molar-refractivity contribution in [3.05, 3.63) is 46.8 Å². The molecule has 1 aromatic carbocycles. The molecule has 0 saturated carbocycles. The molecule has 0 aliphatic carbocycles. The first kappa shape index (κ1) is 10.4. The van der Waals surface area contributed by atoms with Gasteiger partial charge in [0.25, 0.3) is 0 Å². The van der Waals surface area contributed by atoms with Crippen LogP contribution in [0.1, 0.15) is 30.2 Å². The molecule has 0 saturated heterocycles. The van der Waals surface area contributed by atoms with Crippen molar-refractivity contribution >= 4 is 11.3 Å². The summed E-state index contributed by atoms with van der Waals surface area (Å²) in [6.07, 6.45) is 0. The van der Waals surface area contributed by atoms with E-state index >= 15 is 0 Å². The van der Waals surface area contributed by atoms with Crippen molar-refractivity contribution in [3.63, 3.8) is 0 Å². The second kappa shape index (κ2) is 4.19. The summed E-state index contributed by atoms with van der Waals surface area (Å²) >= 11 is 1.90. The Morgan fingerprint density at radius 2 is 1.73 bits per heavy atom. The van der Waals surface area contributed by atoms with Crippen molar-refractivity contribution in [3.8, 4) is 10.4 Å². The summed E-state index contributed by atoms with van der Waals surface area (Å²) in [6.45, 7) is 6.70. The molecule has 1 heteroatoms. The summed E-state index contributed by atoms with van der Waals surface area (Å²) < 4.78 is 0. The van der Waals surface area contributed by atoms with E-state index < -0.39 is 0 Å². The van der Waals surface area contributed by atoms with Gasteiger partial charge in [0.2, 0.25) is 0 Å². The Bertz CT molecular complexity index is 438. The van der Waals surface area contributed by atoms with Crippen molar-refractivity contribution < 1.29 is 0 Å². The van der Waals surface area contributed by atoms with Crippen LogP contribution < -0.4 is 0 Å². The largest absolute Gasteiger partial charge is 0.140 e. The van der Waals surface area contributed by atoms with Crippen molar-refractivity contribution in [2.75, 3.05) is 0 Å². The average molecular weight is 216 g/mol. The van der Waals surface area contributed by atoms with Crippen LogP contribution in [0, 0.1) is 6.92 Å². The van der Waals surface area contributed by atoms with E-state index in [1.165, 1.54) is 20.9 Å². The van der Waals surface area contributed by atoms with Crippen LogP contribution in [0.25, 0.3) is 10.4 Å². The first-order valence-corrected chi connectivity index (χ1v) is 6.16. The Morgan fingerprint density at radius 3 is 2.33 bits per heavy atom. The third-order valence-corrected chi connectivity index (χ3v) is 3.66. The van der Waals surface area contributed by atoms with E-state index in [0.717, 1.165) is 0 Å². The molecule has 0 fully saturated rings. The van der Waals surface area contributed by atoms with Crippen LogP contribution in [-0.2, 0) is 0 Å². The third kappa shape index (κ3) is 2.13. The monoisotopic (exact) mass is 216 g/mol. The lowest BCUT2D eigenvalue weighted by molar-refractivity contribution is 0.873. The minimum Gasteiger partial charge on any atom is -0.140 e. The lowest BCUT2D eigenvalue weighted by Crippen LogP contribution is -1.86. The number of hydrogen-bond acceptors (Lipinski definition) is 1. The Balaban J connectivity index is 2.53. The molecule has 0 aliphatic rings. The smallest absolute Gasteiger partial charge is 0.0380 e. The predicted octanol–water partition coefficient (Wildman–Crippen LogP) is 4.85. The molecule has 78 valence electrons. The normalized spacial score (nSPS) is 10.9. The fraction of sp³-hybridized carbons (Fsp3) is 0.286. The van der Waals surface area contributed by atoms with Crippen molar-refractivity contribution in [2.24, 2.45) is 0 Å². The van der Waals surface area contributed by atoms with E-state index in [4.69, 9.17) is 0 Å². The number of aryl methyl sites for hydroxylation is 1. The molecule has 0 spiro atoms. The fourth-order valence-electron chi connectivity index (χ4n) is 1.78. The lowest BCUT2D eigenvalue weighted by Gasteiger charge is -2.06. The SMILES string of the molecule is Cc1cc(C(C)C)c(-c2ccccc2)s1. The van der Waals surface area contributed by atoms with Crippen LogP contribution in [0.3, 0.4) is 0 Å². The topological polar surface area (TPSA) is 0 Å². The molecule has 2 rings (SSSR count). The highest BCUT2D eigenvalue weighted by Gasteiger charge is 2.11. The van der Waals surface area contributed by atoms with E-state index in [1.807, 2.05) is 11.3 Å². The first-order valence-electron chi connectivity index (χ1n) is 5.34. The van der Waals surface area contributed by atoms with E-state index in [1.54, 1.807) is 0 Å². The highest BCUT2D eigenvalue weighted by molar-refractivity contribution is 7.15. The molecule has 0 radical (unpaired) electrons. The quantitative estimate of drug-likeness (QED) is 0.673. The van der Waals surface area contributed by atoms with Gasteiger partial charge in [-0.25, -0.2) is 0 Å². The summed E-state index contributed by atoms with van der Waals surface area (Å²) in [7, 11) is 0. The molecular weight excluding hydrogens is 200 g/mol. The van der Waals surface area contributed by atoms with Gasteiger partial charge in [-0.15, -0.1) is 11.3 Å². The third-order valence-electron chi connectivity index (χ3n) is 2.54. The standard InChI is InChI=1S/C14H16S/c1-10(2)13-9-11(3)15-14(13)12-7-5-4-6-8-12/h4-10H,1-3H3. The molecule has 1 heterocycles. The molecule has 0 atom stereocenters. The zero-order valence-electron chi connectivity index (χ0n) is 9.45. The van der Waals surface area contributed by atoms with E-state index in [2.05, 4.69) is 57.2 Å². The second-order valence-electron chi connectivity index (χ2n) is 4.16. The van der Waals surface area contributed by atoms with Crippen molar-refractivity contribution in [1.29, 1.82) is 0 Å². The van der Waals surface area contributed by atoms with Crippen LogP contribution in [-0.4, -0.2) is 0 Å². The summed E-state index contributed by atoms with van der Waals surface area (Å²) in [5, 5.41) is 0. The summed E-state index contributed by atoms with van der Waals surface area (Å²) in [5.41, 5.74) is 2.82. The van der Waals surface area contributed by atoms with Crippen LogP contribution in [0.15, 0.2) is 36.4 Å². The average Bonchev–Trinajstić information content (AvgIpc) is 2.62. The van der Waals surface area contributed by atoms with Gasteiger partial charge in [-0.1, -0.05) is 44.2 Å². The van der Waals surface area contributed by atoms with Gasteiger partial charge in [-0.3, -0.25) is 0 Å². The van der Waals surface area contributed by atoms with Gasteiger partial charge in [-0.2, -0.15) is 0 Å². The van der Waals surface area contributed by atoms with E-state index in [9.17, 15) is 0 Å². The Hall–Kier alpha value is -1.08. The summed E-state index contributed by atoms with van der Waals surface area (Å²) in [6, 6.07) is 13.0. The molecule has 0 unspecified atom stereocenters. The fourth-order valence-corrected chi connectivity index (χ4v) is 2.95. The number of thiophene rings is 1. The zero-order chi connectivity index (χ0) is 10.8. The molecule has 0 bridgehead atoms. The minimum absolute atomic E-state index is 0.602. The molecule has 0 N–H and O–H groups in total. The Labute approximate surface area is 95.6 Å². The van der Waals surface area contributed by atoms with Gasteiger partial charge < -0.3 is 0 Å². The summed E-state index contributed by atoms with van der Waals surface area (Å²) in [5.74, 6) is 0.602. The van der Waals surface area contributed by atoms with Crippen LogP contribution in [0.5, 0.6) is 0 Å². The number of rotatable bonds is 2. The van der Waals surface area contributed by atoms with Gasteiger partial charge in [0, 0.05) is 9.75 Å². The molecule has 0 nitrogen and oxygen atoms in total. The molecule has 0 amide bonds. The molecule has 1 aromatic heterocycles. The molecule has 0 aliphatic heterocycles. The van der Waals surface area contributed by atoms with E-state index in [0.29, 0.717) is 5.92 Å². The van der Waals surface area contributed by atoms with Gasteiger partial charge in [-0.05, 0) is 30.0 Å². The van der Waals surface area contributed by atoms with Gasteiger partial charge in [0.05, 0.1) is 0 Å². The highest BCUT2D eigenvalue weighted by atomic mass is 32.1. The first-order chi connectivity index (χ1) is 7.18.